The molecule has 1 saturated heterocycles. The maximum atomic E-state index is 8.77. The third kappa shape index (κ3) is 2.66. The largest absolute Gasteiger partial charge is 0.409 e. The van der Waals surface area contributed by atoms with Crippen LogP contribution >= 0.6 is 0 Å². The lowest BCUT2D eigenvalue weighted by Gasteiger charge is -2.31. The van der Waals surface area contributed by atoms with Crippen molar-refractivity contribution < 1.29 is 5.21 Å². The zero-order chi connectivity index (χ0) is 13.9. The van der Waals surface area contributed by atoms with E-state index in [1.54, 1.807) is 0 Å². The maximum Gasteiger partial charge on any atom is 0.170 e. The standard InChI is InChI=1S/C16H23N3O/c17-16(18-20)14-6-3-4-12(10-14)11-19-9-8-13-5-1-2-7-15(13)19/h3-4,6,10,13,15,20H,1-2,5,7-9,11H2,(H2,17,18). The molecule has 3 N–H and O–H groups in total. The van der Waals surface area contributed by atoms with Gasteiger partial charge in [0.15, 0.2) is 5.84 Å². The summed E-state index contributed by atoms with van der Waals surface area (Å²) in [5, 5.41) is 11.8. The molecule has 2 aliphatic rings. The van der Waals surface area contributed by atoms with Crippen molar-refractivity contribution in [1.29, 1.82) is 0 Å². The van der Waals surface area contributed by atoms with Crippen LogP contribution in [-0.2, 0) is 6.54 Å². The highest BCUT2D eigenvalue weighted by atomic mass is 16.4. The van der Waals surface area contributed by atoms with Crippen LogP contribution in [0.25, 0.3) is 0 Å². The number of rotatable bonds is 3. The molecule has 1 aliphatic carbocycles. The van der Waals surface area contributed by atoms with Gasteiger partial charge in [-0.1, -0.05) is 36.2 Å². The molecule has 0 radical (unpaired) electrons. The molecule has 3 rings (SSSR count). The number of nitrogens with zero attached hydrogens (tertiary/aromatic N) is 2. The van der Waals surface area contributed by atoms with Gasteiger partial charge in [0.2, 0.25) is 0 Å². The predicted octanol–water partition coefficient (Wildman–Crippen LogP) is 2.55. The first-order valence-corrected chi connectivity index (χ1v) is 7.59. The summed E-state index contributed by atoms with van der Waals surface area (Å²) in [6.45, 7) is 2.19. The van der Waals surface area contributed by atoms with Gasteiger partial charge in [-0.3, -0.25) is 4.90 Å². The molecular formula is C16H23N3O. The minimum absolute atomic E-state index is 0.184. The molecule has 1 aromatic carbocycles. The molecular weight excluding hydrogens is 250 g/mol. The molecule has 1 saturated carbocycles. The van der Waals surface area contributed by atoms with E-state index in [2.05, 4.69) is 16.1 Å². The van der Waals surface area contributed by atoms with E-state index in [0.717, 1.165) is 24.1 Å². The van der Waals surface area contributed by atoms with Crippen molar-refractivity contribution in [1.82, 2.24) is 4.90 Å². The lowest BCUT2D eigenvalue weighted by molar-refractivity contribution is 0.176. The van der Waals surface area contributed by atoms with Crippen molar-refractivity contribution in [3.63, 3.8) is 0 Å². The maximum absolute atomic E-state index is 8.77. The van der Waals surface area contributed by atoms with E-state index in [4.69, 9.17) is 10.9 Å². The van der Waals surface area contributed by atoms with Crippen molar-refractivity contribution >= 4 is 5.84 Å². The molecule has 0 spiro atoms. The van der Waals surface area contributed by atoms with Gasteiger partial charge in [-0.15, -0.1) is 0 Å². The molecule has 1 aromatic rings. The summed E-state index contributed by atoms with van der Waals surface area (Å²) < 4.78 is 0. The molecule has 2 atom stereocenters. The van der Waals surface area contributed by atoms with Gasteiger partial charge in [0, 0.05) is 18.2 Å². The molecule has 0 aromatic heterocycles. The third-order valence-corrected chi connectivity index (χ3v) is 4.84. The van der Waals surface area contributed by atoms with Crippen LogP contribution in [0.4, 0.5) is 0 Å². The first-order valence-electron chi connectivity index (χ1n) is 7.59. The number of likely N-dealkylation sites (tertiary alicyclic amines) is 1. The normalized spacial score (nSPS) is 27.5. The van der Waals surface area contributed by atoms with E-state index in [-0.39, 0.29) is 5.84 Å². The number of hydrogen-bond acceptors (Lipinski definition) is 3. The van der Waals surface area contributed by atoms with E-state index < -0.39 is 0 Å². The monoisotopic (exact) mass is 273 g/mol. The Hall–Kier alpha value is -1.55. The summed E-state index contributed by atoms with van der Waals surface area (Å²) in [5.74, 6) is 1.10. The Labute approximate surface area is 120 Å². The second-order valence-corrected chi connectivity index (χ2v) is 6.06. The first-order chi connectivity index (χ1) is 9.78. The number of nitrogens with two attached hydrogens (primary N) is 1. The Morgan fingerprint density at radius 1 is 1.30 bits per heavy atom. The highest BCUT2D eigenvalue weighted by Crippen LogP contribution is 2.36. The molecule has 20 heavy (non-hydrogen) atoms. The Balaban J connectivity index is 1.71. The third-order valence-electron chi connectivity index (χ3n) is 4.84. The Morgan fingerprint density at radius 2 is 2.15 bits per heavy atom. The number of benzene rings is 1. The average molecular weight is 273 g/mol. The second kappa shape index (κ2) is 5.83. The number of oxime groups is 1. The van der Waals surface area contributed by atoms with Gasteiger partial charge in [-0.2, -0.15) is 0 Å². The van der Waals surface area contributed by atoms with Crippen molar-refractivity contribution in [3.05, 3.63) is 35.4 Å². The fourth-order valence-corrected chi connectivity index (χ4v) is 3.82. The smallest absolute Gasteiger partial charge is 0.170 e. The number of fused-ring (bicyclic) bond motifs is 1. The van der Waals surface area contributed by atoms with Crippen LogP contribution in [0.15, 0.2) is 29.4 Å². The quantitative estimate of drug-likeness (QED) is 0.385. The lowest BCUT2D eigenvalue weighted by atomic mass is 9.85. The molecule has 2 unspecified atom stereocenters. The van der Waals surface area contributed by atoms with Crippen molar-refractivity contribution in [2.24, 2.45) is 16.8 Å². The van der Waals surface area contributed by atoms with Crippen molar-refractivity contribution in [2.75, 3.05) is 6.54 Å². The lowest BCUT2D eigenvalue weighted by Crippen LogP contribution is -2.34. The van der Waals surface area contributed by atoms with Crippen LogP contribution < -0.4 is 5.73 Å². The molecule has 108 valence electrons. The van der Waals surface area contributed by atoms with E-state index >= 15 is 0 Å². The highest BCUT2D eigenvalue weighted by molar-refractivity contribution is 5.97. The van der Waals surface area contributed by atoms with Crippen molar-refractivity contribution in [3.8, 4) is 0 Å². The van der Waals surface area contributed by atoms with Gasteiger partial charge in [0.1, 0.15) is 0 Å². The first kappa shape index (κ1) is 13.4. The van der Waals surface area contributed by atoms with E-state index in [1.165, 1.54) is 44.2 Å². The molecule has 2 fully saturated rings. The van der Waals surface area contributed by atoms with Gasteiger partial charge in [0.25, 0.3) is 0 Å². The van der Waals surface area contributed by atoms with Crippen LogP contribution in [-0.4, -0.2) is 28.5 Å². The summed E-state index contributed by atoms with van der Waals surface area (Å²) in [7, 11) is 0. The summed E-state index contributed by atoms with van der Waals surface area (Å²) in [5.41, 5.74) is 7.71. The van der Waals surface area contributed by atoms with Crippen LogP contribution in [0.5, 0.6) is 0 Å². The predicted molar refractivity (Wildman–Crippen MR) is 79.7 cm³/mol. The highest BCUT2D eigenvalue weighted by Gasteiger charge is 2.35. The molecule has 0 amide bonds. The van der Waals surface area contributed by atoms with Gasteiger partial charge < -0.3 is 10.9 Å². The van der Waals surface area contributed by atoms with Crippen LogP contribution in [0.1, 0.15) is 43.2 Å². The topological polar surface area (TPSA) is 61.9 Å². The second-order valence-electron chi connectivity index (χ2n) is 6.06. The molecule has 1 aliphatic heterocycles. The Bertz CT molecular complexity index is 500. The summed E-state index contributed by atoms with van der Waals surface area (Å²) >= 11 is 0. The zero-order valence-corrected chi connectivity index (χ0v) is 11.8. The summed E-state index contributed by atoms with van der Waals surface area (Å²) in [4.78, 5) is 2.62. The van der Waals surface area contributed by atoms with E-state index in [9.17, 15) is 0 Å². The molecule has 4 heteroatoms. The zero-order valence-electron chi connectivity index (χ0n) is 11.8. The van der Waals surface area contributed by atoms with Crippen LogP contribution in [0.2, 0.25) is 0 Å². The summed E-state index contributed by atoms with van der Waals surface area (Å²) in [6.07, 6.45) is 6.90. The van der Waals surface area contributed by atoms with Gasteiger partial charge in [-0.05, 0) is 43.4 Å². The van der Waals surface area contributed by atoms with Crippen LogP contribution in [0, 0.1) is 5.92 Å². The Kier molecular flexibility index (Phi) is 3.92. The van der Waals surface area contributed by atoms with Gasteiger partial charge in [-0.25, -0.2) is 0 Å². The van der Waals surface area contributed by atoms with Gasteiger partial charge in [0.05, 0.1) is 0 Å². The van der Waals surface area contributed by atoms with Gasteiger partial charge >= 0.3 is 0 Å². The van der Waals surface area contributed by atoms with E-state index in [1.807, 2.05) is 18.2 Å². The minimum Gasteiger partial charge on any atom is -0.409 e. The molecule has 1 heterocycles. The average Bonchev–Trinajstić information content (AvgIpc) is 2.90. The molecule has 0 bridgehead atoms. The Morgan fingerprint density at radius 3 is 3.00 bits per heavy atom. The van der Waals surface area contributed by atoms with Crippen molar-refractivity contribution in [2.45, 2.75) is 44.7 Å². The molecule has 4 nitrogen and oxygen atoms in total. The summed E-state index contributed by atoms with van der Waals surface area (Å²) in [6, 6.07) is 8.80. The van der Waals surface area contributed by atoms with Crippen LogP contribution in [0.3, 0.4) is 0 Å². The number of amidine groups is 1. The minimum atomic E-state index is 0.184. The fraction of sp³-hybridized carbons (Fsp3) is 0.562. The number of hydrogen-bond donors (Lipinski definition) is 2. The SMILES string of the molecule is N/C(=N/O)c1cccc(CN2CCC3CCCCC32)c1. The van der Waals surface area contributed by atoms with E-state index in [0.29, 0.717) is 0 Å². The fourth-order valence-electron chi connectivity index (χ4n) is 3.82.